The van der Waals surface area contributed by atoms with Crippen molar-refractivity contribution in [3.8, 4) is 0 Å². The van der Waals surface area contributed by atoms with Gasteiger partial charge in [-0.15, -0.1) is 0 Å². The lowest BCUT2D eigenvalue weighted by molar-refractivity contribution is -0.127. The second-order valence-electron chi connectivity index (χ2n) is 6.92. The van der Waals surface area contributed by atoms with Crippen molar-refractivity contribution in [3.63, 3.8) is 0 Å². The maximum atomic E-state index is 13.1. The summed E-state index contributed by atoms with van der Waals surface area (Å²) in [5.74, 6) is 0.0124. The monoisotopic (exact) mass is 351 g/mol. The lowest BCUT2D eigenvalue weighted by Gasteiger charge is -2.34. The predicted molar refractivity (Wildman–Crippen MR) is 94.2 cm³/mol. The van der Waals surface area contributed by atoms with Crippen LogP contribution < -0.4 is 5.32 Å². The van der Waals surface area contributed by atoms with Gasteiger partial charge in [-0.05, 0) is 45.0 Å². The third-order valence-electron chi connectivity index (χ3n) is 5.49. The molecule has 2 aliphatic rings. The third kappa shape index (κ3) is 3.20. The molecule has 1 amide bonds. The summed E-state index contributed by atoms with van der Waals surface area (Å²) in [6, 6.07) is 9.53. The Morgan fingerprint density at radius 1 is 1.17 bits per heavy atom. The summed E-state index contributed by atoms with van der Waals surface area (Å²) in [5.41, 5.74) is 0.263. The molecule has 1 aromatic rings. The molecule has 6 nitrogen and oxygen atoms in total. The van der Waals surface area contributed by atoms with Crippen LogP contribution >= 0.6 is 0 Å². The number of carbonyl (C=O) groups excluding carboxylic acids is 1. The average molecular weight is 351 g/mol. The van der Waals surface area contributed by atoms with E-state index in [-0.39, 0.29) is 11.9 Å². The van der Waals surface area contributed by atoms with Crippen molar-refractivity contribution in [1.82, 2.24) is 9.21 Å². The Kier molecular flexibility index (Phi) is 4.68. The first kappa shape index (κ1) is 17.4. The zero-order valence-corrected chi connectivity index (χ0v) is 15.1. The fraction of sp³-hybridized carbons (Fsp3) is 0.588. The molecule has 1 aromatic carbocycles. The fourth-order valence-electron chi connectivity index (χ4n) is 4.10. The summed E-state index contributed by atoms with van der Waals surface area (Å²) < 4.78 is 25.3. The highest BCUT2D eigenvalue weighted by molar-refractivity contribution is 7.88. The maximum Gasteiger partial charge on any atom is 0.232 e. The van der Waals surface area contributed by atoms with E-state index in [1.807, 2.05) is 37.4 Å². The van der Waals surface area contributed by atoms with Gasteiger partial charge >= 0.3 is 0 Å². The second kappa shape index (κ2) is 6.46. The molecule has 7 heteroatoms. The zero-order chi connectivity index (χ0) is 17.4. The maximum absolute atomic E-state index is 13.1. The summed E-state index contributed by atoms with van der Waals surface area (Å²) in [7, 11) is -1.20. The number of nitrogens with zero attached hydrogens (tertiary/aromatic N) is 2. The Bertz CT molecular complexity index is 707. The van der Waals surface area contributed by atoms with Gasteiger partial charge in [-0.25, -0.2) is 12.7 Å². The molecule has 0 spiro atoms. The molecule has 1 N–H and O–H groups in total. The van der Waals surface area contributed by atoms with Crippen LogP contribution in [0.5, 0.6) is 0 Å². The molecule has 0 saturated carbocycles. The van der Waals surface area contributed by atoms with Gasteiger partial charge in [-0.2, -0.15) is 0 Å². The number of likely N-dealkylation sites (tertiary alicyclic amines) is 1. The molecule has 3 rings (SSSR count). The van der Waals surface area contributed by atoms with Crippen LogP contribution in [0, 0.1) is 5.41 Å². The number of carbonyl (C=O) groups is 1. The number of amides is 1. The molecular formula is C17H25N3O3S. The molecule has 2 aliphatic heterocycles. The first-order valence-electron chi connectivity index (χ1n) is 8.35. The first-order valence-corrected chi connectivity index (χ1v) is 10.2. The Balaban J connectivity index is 1.86. The topological polar surface area (TPSA) is 69.7 Å². The van der Waals surface area contributed by atoms with Gasteiger partial charge in [0.1, 0.15) is 0 Å². The van der Waals surface area contributed by atoms with Gasteiger partial charge in [0.25, 0.3) is 0 Å². The van der Waals surface area contributed by atoms with Gasteiger partial charge in [-0.3, -0.25) is 4.79 Å². The number of hydrogen-bond acceptors (Lipinski definition) is 4. The number of nitrogens with one attached hydrogen (secondary N) is 1. The van der Waals surface area contributed by atoms with E-state index in [4.69, 9.17) is 0 Å². The minimum absolute atomic E-state index is 0.0124. The third-order valence-corrected chi connectivity index (χ3v) is 6.80. The van der Waals surface area contributed by atoms with Gasteiger partial charge in [0, 0.05) is 24.8 Å². The van der Waals surface area contributed by atoms with Crippen molar-refractivity contribution >= 4 is 21.6 Å². The number of hydrogen-bond donors (Lipinski definition) is 1. The number of anilines is 1. The summed E-state index contributed by atoms with van der Waals surface area (Å²) >= 11 is 0. The van der Waals surface area contributed by atoms with Crippen molar-refractivity contribution in [3.05, 3.63) is 30.3 Å². The highest BCUT2D eigenvalue weighted by Crippen LogP contribution is 2.44. The lowest BCUT2D eigenvalue weighted by Crippen LogP contribution is -2.46. The molecule has 2 fully saturated rings. The van der Waals surface area contributed by atoms with Gasteiger partial charge in [0.2, 0.25) is 15.9 Å². The van der Waals surface area contributed by atoms with Gasteiger partial charge in [0.05, 0.1) is 11.7 Å². The number of para-hydroxylation sites is 1. The molecule has 0 aliphatic carbocycles. The molecule has 2 atom stereocenters. The lowest BCUT2D eigenvalue weighted by atomic mass is 9.75. The molecule has 2 heterocycles. The number of benzene rings is 1. The number of fused-ring (bicyclic) bond motifs is 1. The molecule has 0 unspecified atom stereocenters. The van der Waals surface area contributed by atoms with Gasteiger partial charge in [-0.1, -0.05) is 18.2 Å². The van der Waals surface area contributed by atoms with E-state index in [0.717, 1.165) is 18.7 Å². The largest absolute Gasteiger partial charge is 0.326 e. The highest BCUT2D eigenvalue weighted by Gasteiger charge is 2.52. The molecule has 132 valence electrons. The minimum Gasteiger partial charge on any atom is -0.326 e. The number of rotatable bonds is 3. The standard InChI is InChI=1S/C17H25N3O3S/c1-19-12-9-17(16(21)18-14-6-4-3-5-7-14)10-13-20(24(2,22)23)11-8-15(17)19/h3-7,15H,8-13H2,1-2H3,(H,18,21)/t15-,17-/m0/s1. The Hall–Kier alpha value is -1.44. The van der Waals surface area contributed by atoms with Crippen LogP contribution in [0.15, 0.2) is 30.3 Å². The van der Waals surface area contributed by atoms with E-state index in [1.165, 1.54) is 10.6 Å². The van der Waals surface area contributed by atoms with E-state index in [0.29, 0.717) is 25.9 Å². The van der Waals surface area contributed by atoms with Crippen molar-refractivity contribution < 1.29 is 13.2 Å². The number of sulfonamides is 1. The van der Waals surface area contributed by atoms with Gasteiger partial charge in [0.15, 0.2) is 0 Å². The first-order chi connectivity index (χ1) is 11.3. The van der Waals surface area contributed by atoms with E-state index in [1.54, 1.807) is 0 Å². The van der Waals surface area contributed by atoms with Crippen LogP contribution in [0.1, 0.15) is 19.3 Å². The smallest absolute Gasteiger partial charge is 0.232 e. The molecular weight excluding hydrogens is 326 g/mol. The van der Waals surface area contributed by atoms with Crippen LogP contribution in [0.25, 0.3) is 0 Å². The van der Waals surface area contributed by atoms with Crippen molar-refractivity contribution in [2.75, 3.05) is 38.3 Å². The van der Waals surface area contributed by atoms with E-state index in [2.05, 4.69) is 10.2 Å². The minimum atomic E-state index is -3.23. The average Bonchev–Trinajstić information content (AvgIpc) is 2.73. The van der Waals surface area contributed by atoms with Crippen LogP contribution in [-0.4, -0.2) is 62.5 Å². The Morgan fingerprint density at radius 3 is 2.50 bits per heavy atom. The van der Waals surface area contributed by atoms with Crippen LogP contribution in [0.2, 0.25) is 0 Å². The summed E-state index contributed by atoms with van der Waals surface area (Å²) in [6.07, 6.45) is 3.26. The quantitative estimate of drug-likeness (QED) is 0.893. The molecule has 0 aromatic heterocycles. The van der Waals surface area contributed by atoms with Crippen molar-refractivity contribution in [2.24, 2.45) is 5.41 Å². The van der Waals surface area contributed by atoms with E-state index in [9.17, 15) is 13.2 Å². The summed E-state index contributed by atoms with van der Waals surface area (Å²) in [5, 5.41) is 3.04. The summed E-state index contributed by atoms with van der Waals surface area (Å²) in [4.78, 5) is 15.3. The fourth-order valence-corrected chi connectivity index (χ4v) is 4.96. The van der Waals surface area contributed by atoms with Crippen LogP contribution in [0.3, 0.4) is 0 Å². The molecule has 24 heavy (non-hydrogen) atoms. The van der Waals surface area contributed by atoms with E-state index < -0.39 is 15.4 Å². The molecule has 0 radical (unpaired) electrons. The summed E-state index contributed by atoms with van der Waals surface area (Å²) in [6.45, 7) is 1.76. The van der Waals surface area contributed by atoms with Crippen molar-refractivity contribution in [1.29, 1.82) is 0 Å². The molecule has 2 saturated heterocycles. The second-order valence-corrected chi connectivity index (χ2v) is 8.91. The predicted octanol–water partition coefficient (Wildman–Crippen LogP) is 1.37. The Morgan fingerprint density at radius 2 is 1.83 bits per heavy atom. The SMILES string of the molecule is CN1CC[C@]2(C(=O)Nc3ccccc3)CCN(S(C)(=O)=O)CC[C@H]12. The van der Waals surface area contributed by atoms with Gasteiger partial charge < -0.3 is 10.2 Å². The van der Waals surface area contributed by atoms with Crippen LogP contribution in [-0.2, 0) is 14.8 Å². The normalized spacial score (nSPS) is 29.0. The zero-order valence-electron chi connectivity index (χ0n) is 14.2. The highest BCUT2D eigenvalue weighted by atomic mass is 32.2. The van der Waals surface area contributed by atoms with Crippen LogP contribution in [0.4, 0.5) is 5.69 Å². The molecule has 0 bridgehead atoms. The van der Waals surface area contributed by atoms with Crippen molar-refractivity contribution in [2.45, 2.75) is 25.3 Å². The van der Waals surface area contributed by atoms with E-state index >= 15 is 0 Å². The Labute approximate surface area is 143 Å².